The number of benzene rings is 2. The summed E-state index contributed by atoms with van der Waals surface area (Å²) in [5, 5.41) is 0.504. The standard InChI is InChI=1S/C12H3Cl6F/c13-6-1-4(2-8(19)10(6)16)5-3-7(14)11(17)12(18)9(5)15/h1-3H. The van der Waals surface area contributed by atoms with Crippen molar-refractivity contribution in [3.63, 3.8) is 0 Å². The third-order valence-corrected chi connectivity index (χ3v) is 4.93. The molecular weight excluding hydrogens is 376 g/mol. The molecule has 0 N–H and O–H groups in total. The Kier molecular flexibility index (Phi) is 4.77. The molecule has 0 bridgehead atoms. The highest BCUT2D eigenvalue weighted by Crippen LogP contribution is 2.43. The van der Waals surface area contributed by atoms with Crippen LogP contribution in [0.5, 0.6) is 0 Å². The fourth-order valence-corrected chi connectivity index (χ4v) is 2.72. The van der Waals surface area contributed by atoms with Gasteiger partial charge >= 0.3 is 0 Å². The van der Waals surface area contributed by atoms with Gasteiger partial charge in [0.15, 0.2) is 0 Å². The zero-order valence-electron chi connectivity index (χ0n) is 8.88. The first-order valence-corrected chi connectivity index (χ1v) is 7.07. The molecule has 0 atom stereocenters. The molecule has 7 heteroatoms. The van der Waals surface area contributed by atoms with E-state index in [9.17, 15) is 4.39 Å². The largest absolute Gasteiger partial charge is 0.205 e. The third-order valence-electron chi connectivity index (χ3n) is 2.40. The van der Waals surface area contributed by atoms with E-state index in [0.717, 1.165) is 0 Å². The lowest BCUT2D eigenvalue weighted by atomic mass is 10.1. The van der Waals surface area contributed by atoms with Crippen LogP contribution in [-0.2, 0) is 0 Å². The van der Waals surface area contributed by atoms with Crippen molar-refractivity contribution in [3.8, 4) is 11.1 Å². The van der Waals surface area contributed by atoms with E-state index in [1.165, 1.54) is 18.2 Å². The van der Waals surface area contributed by atoms with Gasteiger partial charge in [-0.1, -0.05) is 69.6 Å². The molecule has 0 saturated heterocycles. The van der Waals surface area contributed by atoms with E-state index >= 15 is 0 Å². The van der Waals surface area contributed by atoms with E-state index in [2.05, 4.69) is 0 Å². The maximum absolute atomic E-state index is 13.6. The molecule has 19 heavy (non-hydrogen) atoms. The Hall–Kier alpha value is 0.110. The van der Waals surface area contributed by atoms with Gasteiger partial charge in [0.25, 0.3) is 0 Å². The second kappa shape index (κ2) is 5.85. The predicted molar refractivity (Wildman–Crippen MR) is 81.9 cm³/mol. The molecular formula is C12H3Cl6F. The van der Waals surface area contributed by atoms with Gasteiger partial charge in [-0.3, -0.25) is 0 Å². The average molecular weight is 379 g/mol. The van der Waals surface area contributed by atoms with Crippen molar-refractivity contribution in [2.45, 2.75) is 0 Å². The molecule has 100 valence electrons. The summed E-state index contributed by atoms with van der Waals surface area (Å²) in [5.74, 6) is -0.664. The van der Waals surface area contributed by atoms with Gasteiger partial charge in [-0.2, -0.15) is 0 Å². The predicted octanol–water partition coefficient (Wildman–Crippen LogP) is 7.41. The SMILES string of the molecule is Fc1cc(-c2cc(Cl)c(Cl)c(Cl)c2Cl)cc(Cl)c1Cl. The minimum absolute atomic E-state index is 0.0647. The second-order valence-electron chi connectivity index (χ2n) is 3.60. The lowest BCUT2D eigenvalue weighted by Crippen LogP contribution is -1.87. The molecule has 0 heterocycles. The van der Waals surface area contributed by atoms with Crippen LogP contribution in [0.3, 0.4) is 0 Å². The normalized spacial score (nSPS) is 10.9. The maximum atomic E-state index is 13.6. The van der Waals surface area contributed by atoms with Gasteiger partial charge in [-0.05, 0) is 23.8 Å². The highest BCUT2D eigenvalue weighted by molar-refractivity contribution is 6.52. The van der Waals surface area contributed by atoms with E-state index in [4.69, 9.17) is 69.6 Å². The third kappa shape index (κ3) is 2.92. The first-order valence-electron chi connectivity index (χ1n) is 4.80. The van der Waals surface area contributed by atoms with E-state index in [0.29, 0.717) is 11.1 Å². The Labute approximate surface area is 138 Å². The lowest BCUT2D eigenvalue weighted by molar-refractivity contribution is 0.629. The quantitative estimate of drug-likeness (QED) is 0.358. The Bertz CT molecular complexity index is 645. The van der Waals surface area contributed by atoms with Gasteiger partial charge in [0.05, 0.1) is 30.1 Å². The molecule has 0 aromatic heterocycles. The van der Waals surface area contributed by atoms with Crippen LogP contribution in [0.15, 0.2) is 18.2 Å². The fraction of sp³-hybridized carbons (Fsp3) is 0. The van der Waals surface area contributed by atoms with Crippen LogP contribution in [0.2, 0.25) is 30.1 Å². The van der Waals surface area contributed by atoms with Crippen LogP contribution in [0.25, 0.3) is 11.1 Å². The molecule has 0 radical (unpaired) electrons. The molecule has 2 aromatic rings. The van der Waals surface area contributed by atoms with Crippen molar-refractivity contribution < 1.29 is 4.39 Å². The van der Waals surface area contributed by atoms with Crippen LogP contribution in [0, 0.1) is 5.82 Å². The van der Waals surface area contributed by atoms with Crippen LogP contribution in [0.1, 0.15) is 0 Å². The van der Waals surface area contributed by atoms with E-state index in [-0.39, 0.29) is 30.1 Å². The first-order chi connectivity index (χ1) is 8.82. The highest BCUT2D eigenvalue weighted by Gasteiger charge is 2.16. The van der Waals surface area contributed by atoms with Crippen molar-refractivity contribution in [2.24, 2.45) is 0 Å². The number of halogens is 7. The molecule has 0 amide bonds. The topological polar surface area (TPSA) is 0 Å². The van der Waals surface area contributed by atoms with Crippen molar-refractivity contribution in [2.75, 3.05) is 0 Å². The zero-order chi connectivity index (χ0) is 14.3. The van der Waals surface area contributed by atoms with E-state index in [1.54, 1.807) is 0 Å². The van der Waals surface area contributed by atoms with Crippen LogP contribution >= 0.6 is 69.6 Å². The summed E-state index contributed by atoms with van der Waals surface area (Å²) in [6, 6.07) is 4.14. The molecule has 0 aliphatic rings. The monoisotopic (exact) mass is 376 g/mol. The molecule has 0 spiro atoms. The molecule has 2 rings (SSSR count). The van der Waals surface area contributed by atoms with Gasteiger partial charge in [0.1, 0.15) is 5.82 Å². The van der Waals surface area contributed by atoms with Crippen molar-refractivity contribution in [1.29, 1.82) is 0 Å². The summed E-state index contributed by atoms with van der Waals surface area (Å²) < 4.78 is 13.6. The van der Waals surface area contributed by atoms with Crippen molar-refractivity contribution >= 4 is 69.6 Å². The van der Waals surface area contributed by atoms with Gasteiger partial charge in [-0.25, -0.2) is 4.39 Å². The summed E-state index contributed by atoms with van der Waals surface area (Å²) in [7, 11) is 0. The molecule has 0 nitrogen and oxygen atoms in total. The average Bonchev–Trinajstić information content (AvgIpc) is 2.37. The van der Waals surface area contributed by atoms with Crippen LogP contribution < -0.4 is 0 Å². The maximum Gasteiger partial charge on any atom is 0.143 e. The molecule has 0 fully saturated rings. The molecule has 0 aliphatic heterocycles. The summed E-state index contributed by atoms with van der Waals surface area (Å²) in [6.07, 6.45) is 0. The zero-order valence-corrected chi connectivity index (χ0v) is 13.4. The highest BCUT2D eigenvalue weighted by atomic mass is 35.5. The van der Waals surface area contributed by atoms with Gasteiger partial charge in [-0.15, -0.1) is 0 Å². The lowest BCUT2D eigenvalue weighted by Gasteiger charge is -2.10. The Morgan fingerprint density at radius 2 is 1.21 bits per heavy atom. The Morgan fingerprint density at radius 3 is 1.79 bits per heavy atom. The summed E-state index contributed by atoms with van der Waals surface area (Å²) in [5.41, 5.74) is 0.816. The number of hydrogen-bond acceptors (Lipinski definition) is 0. The first kappa shape index (κ1) is 15.5. The van der Waals surface area contributed by atoms with E-state index < -0.39 is 5.82 Å². The Morgan fingerprint density at radius 1 is 0.632 bits per heavy atom. The number of hydrogen-bond donors (Lipinski definition) is 0. The van der Waals surface area contributed by atoms with Crippen LogP contribution in [-0.4, -0.2) is 0 Å². The smallest absolute Gasteiger partial charge is 0.143 e. The van der Waals surface area contributed by atoms with Gasteiger partial charge in [0.2, 0.25) is 0 Å². The fourth-order valence-electron chi connectivity index (χ4n) is 1.49. The Balaban J connectivity index is 2.73. The van der Waals surface area contributed by atoms with E-state index in [1.807, 2.05) is 0 Å². The summed E-state index contributed by atoms with van der Waals surface area (Å²) >= 11 is 35.3. The summed E-state index contributed by atoms with van der Waals surface area (Å²) in [6.45, 7) is 0. The van der Waals surface area contributed by atoms with Crippen molar-refractivity contribution in [1.82, 2.24) is 0 Å². The molecule has 2 aromatic carbocycles. The minimum Gasteiger partial charge on any atom is -0.205 e. The van der Waals surface area contributed by atoms with Crippen molar-refractivity contribution in [3.05, 3.63) is 54.2 Å². The second-order valence-corrected chi connectivity index (χ2v) is 5.93. The van der Waals surface area contributed by atoms with Gasteiger partial charge < -0.3 is 0 Å². The van der Waals surface area contributed by atoms with Crippen LogP contribution in [0.4, 0.5) is 4.39 Å². The number of rotatable bonds is 1. The molecule has 0 unspecified atom stereocenters. The molecule has 0 aliphatic carbocycles. The summed E-state index contributed by atoms with van der Waals surface area (Å²) in [4.78, 5) is 0. The molecule has 0 saturated carbocycles. The minimum atomic E-state index is -0.664. The van der Waals surface area contributed by atoms with Gasteiger partial charge in [0, 0.05) is 5.56 Å².